The lowest BCUT2D eigenvalue weighted by Gasteiger charge is -2.63. The molecule has 3 heteroatoms. The van der Waals surface area contributed by atoms with Crippen molar-refractivity contribution in [3.8, 4) is 0 Å². The van der Waals surface area contributed by atoms with Gasteiger partial charge in [0.1, 0.15) is 0 Å². The van der Waals surface area contributed by atoms with Gasteiger partial charge in [0, 0.05) is 17.1 Å². The maximum Gasteiger partial charge on any atom is 0.0794 e. The molecule has 19 heavy (non-hydrogen) atoms. The molecule has 3 unspecified atom stereocenters. The number of aromatic nitrogens is 1. The Hall–Kier alpha value is -0.410. The van der Waals surface area contributed by atoms with Crippen LogP contribution in [0.1, 0.15) is 50.3 Å². The van der Waals surface area contributed by atoms with Gasteiger partial charge in [0.05, 0.1) is 5.51 Å². The first kappa shape index (κ1) is 12.3. The van der Waals surface area contributed by atoms with Crippen molar-refractivity contribution >= 4 is 11.3 Å². The highest BCUT2D eigenvalue weighted by molar-refractivity contribution is 7.09. The molecule has 2 nitrogen and oxygen atoms in total. The third kappa shape index (κ3) is 1.97. The van der Waals surface area contributed by atoms with E-state index in [4.69, 9.17) is 5.73 Å². The van der Waals surface area contributed by atoms with Crippen LogP contribution in [0.5, 0.6) is 0 Å². The number of rotatable bonds is 3. The van der Waals surface area contributed by atoms with E-state index in [-0.39, 0.29) is 0 Å². The summed E-state index contributed by atoms with van der Waals surface area (Å²) in [6.45, 7) is 2.53. The largest absolute Gasteiger partial charge is 0.327 e. The van der Waals surface area contributed by atoms with Gasteiger partial charge in [-0.1, -0.05) is 6.92 Å². The molecular weight excluding hydrogens is 252 g/mol. The van der Waals surface area contributed by atoms with Gasteiger partial charge in [-0.3, -0.25) is 4.98 Å². The molecule has 104 valence electrons. The van der Waals surface area contributed by atoms with Gasteiger partial charge in [0.15, 0.2) is 0 Å². The minimum atomic E-state index is 0.346. The van der Waals surface area contributed by atoms with Gasteiger partial charge < -0.3 is 5.73 Å². The quantitative estimate of drug-likeness (QED) is 0.916. The Kier molecular flexibility index (Phi) is 2.63. The number of hydrogen-bond donors (Lipinski definition) is 1. The second-order valence-electron chi connectivity index (χ2n) is 7.91. The highest BCUT2D eigenvalue weighted by atomic mass is 32.1. The Bertz CT molecular complexity index is 453. The normalized spacial score (nSPS) is 45.6. The summed E-state index contributed by atoms with van der Waals surface area (Å²) in [4.78, 5) is 5.57. The van der Waals surface area contributed by atoms with Crippen LogP contribution >= 0.6 is 11.3 Å². The van der Waals surface area contributed by atoms with Crippen LogP contribution in [0.2, 0.25) is 0 Å². The fourth-order valence-electron chi connectivity index (χ4n) is 6.01. The monoisotopic (exact) mass is 276 g/mol. The van der Waals surface area contributed by atoms with E-state index in [1.165, 1.54) is 43.4 Å². The SMILES string of the molecule is CC12CC3CC(C1)CC(C(N)Cc1cncs1)(C3)C2. The Morgan fingerprint density at radius 1 is 1.37 bits per heavy atom. The highest BCUT2D eigenvalue weighted by Gasteiger charge is 2.57. The molecule has 0 saturated heterocycles. The second-order valence-corrected chi connectivity index (χ2v) is 8.88. The molecule has 4 fully saturated rings. The number of nitrogens with two attached hydrogens (primary N) is 1. The summed E-state index contributed by atoms with van der Waals surface area (Å²) < 4.78 is 0. The Morgan fingerprint density at radius 2 is 2.11 bits per heavy atom. The van der Waals surface area contributed by atoms with E-state index in [0.29, 0.717) is 16.9 Å². The number of nitrogens with zero attached hydrogens (tertiary/aromatic N) is 1. The van der Waals surface area contributed by atoms with Crippen molar-refractivity contribution in [3.63, 3.8) is 0 Å². The molecular formula is C16H24N2S. The fourth-order valence-corrected chi connectivity index (χ4v) is 6.66. The zero-order chi connectivity index (χ0) is 13.1. The Morgan fingerprint density at radius 3 is 2.68 bits per heavy atom. The molecule has 1 aromatic heterocycles. The molecule has 2 N–H and O–H groups in total. The van der Waals surface area contributed by atoms with Crippen LogP contribution in [0.15, 0.2) is 11.7 Å². The van der Waals surface area contributed by atoms with Crippen molar-refractivity contribution in [1.29, 1.82) is 0 Å². The second kappa shape index (κ2) is 4.05. The summed E-state index contributed by atoms with van der Waals surface area (Å²) in [6, 6.07) is 0.346. The average molecular weight is 276 g/mol. The lowest BCUT2D eigenvalue weighted by Crippen LogP contribution is -2.58. The van der Waals surface area contributed by atoms with Crippen molar-refractivity contribution in [3.05, 3.63) is 16.6 Å². The fraction of sp³-hybridized carbons (Fsp3) is 0.812. The minimum absolute atomic E-state index is 0.346. The van der Waals surface area contributed by atoms with Crippen LogP contribution in [-0.2, 0) is 6.42 Å². The summed E-state index contributed by atoms with van der Waals surface area (Å²) >= 11 is 1.76. The maximum absolute atomic E-state index is 6.70. The molecule has 4 aliphatic rings. The summed E-state index contributed by atoms with van der Waals surface area (Å²) in [6.07, 6.45) is 11.7. The standard InChI is InChI=1S/C16H24N2S/c1-15-4-11-2-12(5-15)7-16(6-11,9-15)14(17)3-13-8-18-10-19-13/h8,10-12,14H,2-7,9,17H2,1H3. The maximum atomic E-state index is 6.70. The minimum Gasteiger partial charge on any atom is -0.327 e. The average Bonchev–Trinajstić information content (AvgIpc) is 2.78. The molecule has 3 atom stereocenters. The van der Waals surface area contributed by atoms with Gasteiger partial charge >= 0.3 is 0 Å². The number of hydrogen-bond acceptors (Lipinski definition) is 3. The van der Waals surface area contributed by atoms with Gasteiger partial charge in [-0.2, -0.15) is 0 Å². The smallest absolute Gasteiger partial charge is 0.0794 e. The zero-order valence-corrected chi connectivity index (χ0v) is 12.6. The molecule has 0 spiro atoms. The van der Waals surface area contributed by atoms with Gasteiger partial charge in [0.25, 0.3) is 0 Å². The van der Waals surface area contributed by atoms with Crippen molar-refractivity contribution in [2.75, 3.05) is 0 Å². The Balaban J connectivity index is 1.59. The van der Waals surface area contributed by atoms with Gasteiger partial charge in [-0.15, -0.1) is 11.3 Å². The first-order valence-electron chi connectivity index (χ1n) is 7.70. The number of thiazole rings is 1. The van der Waals surface area contributed by atoms with Crippen LogP contribution in [-0.4, -0.2) is 11.0 Å². The lowest BCUT2D eigenvalue weighted by atomic mass is 9.43. The highest BCUT2D eigenvalue weighted by Crippen LogP contribution is 2.66. The van der Waals surface area contributed by atoms with Crippen molar-refractivity contribution in [2.24, 2.45) is 28.4 Å². The topological polar surface area (TPSA) is 38.9 Å². The predicted molar refractivity (Wildman–Crippen MR) is 79.0 cm³/mol. The van der Waals surface area contributed by atoms with Crippen molar-refractivity contribution in [1.82, 2.24) is 4.98 Å². The van der Waals surface area contributed by atoms with Gasteiger partial charge in [-0.05, 0) is 67.6 Å². The third-order valence-electron chi connectivity index (χ3n) is 6.09. The molecule has 0 radical (unpaired) electrons. The van der Waals surface area contributed by atoms with Crippen LogP contribution in [0, 0.1) is 22.7 Å². The summed E-state index contributed by atoms with van der Waals surface area (Å²) in [5, 5.41) is 0. The van der Waals surface area contributed by atoms with Crippen LogP contribution in [0.25, 0.3) is 0 Å². The molecule has 0 amide bonds. The Labute approximate surface area is 119 Å². The van der Waals surface area contributed by atoms with Crippen LogP contribution < -0.4 is 5.73 Å². The van der Waals surface area contributed by atoms with Crippen LogP contribution in [0.4, 0.5) is 0 Å². The molecule has 1 aromatic rings. The molecule has 5 rings (SSSR count). The van der Waals surface area contributed by atoms with Gasteiger partial charge in [-0.25, -0.2) is 0 Å². The van der Waals surface area contributed by atoms with Crippen molar-refractivity contribution in [2.45, 2.75) is 57.9 Å². The predicted octanol–water partition coefficient (Wildman–Crippen LogP) is 3.62. The van der Waals surface area contributed by atoms with E-state index >= 15 is 0 Å². The zero-order valence-electron chi connectivity index (χ0n) is 11.8. The molecule has 0 aliphatic heterocycles. The van der Waals surface area contributed by atoms with E-state index in [1.807, 2.05) is 11.7 Å². The van der Waals surface area contributed by atoms with E-state index in [2.05, 4.69) is 11.9 Å². The van der Waals surface area contributed by atoms with E-state index < -0.39 is 0 Å². The van der Waals surface area contributed by atoms with E-state index in [0.717, 1.165) is 18.3 Å². The molecule has 0 aromatic carbocycles. The van der Waals surface area contributed by atoms with Crippen LogP contribution in [0.3, 0.4) is 0 Å². The van der Waals surface area contributed by atoms with Gasteiger partial charge in [0.2, 0.25) is 0 Å². The van der Waals surface area contributed by atoms with Crippen molar-refractivity contribution < 1.29 is 0 Å². The summed E-state index contributed by atoms with van der Waals surface area (Å²) in [5.41, 5.74) is 9.69. The van der Waals surface area contributed by atoms with E-state index in [1.54, 1.807) is 11.3 Å². The van der Waals surface area contributed by atoms with E-state index in [9.17, 15) is 0 Å². The third-order valence-corrected chi connectivity index (χ3v) is 6.89. The first-order valence-corrected chi connectivity index (χ1v) is 8.58. The summed E-state index contributed by atoms with van der Waals surface area (Å²) in [5.74, 6) is 1.94. The molecule has 4 aliphatic carbocycles. The lowest BCUT2D eigenvalue weighted by molar-refractivity contribution is -0.112. The molecule has 4 bridgehead atoms. The summed E-state index contributed by atoms with van der Waals surface area (Å²) in [7, 11) is 0. The molecule has 4 saturated carbocycles. The molecule has 1 heterocycles. The first-order chi connectivity index (χ1) is 9.07.